The number of nitrogens with zero attached hydrogens (tertiary/aromatic N) is 1. The Kier molecular flexibility index (Phi) is 4.54. The molecule has 1 heterocycles. The summed E-state index contributed by atoms with van der Waals surface area (Å²) in [6.45, 7) is 3.07. The van der Waals surface area contributed by atoms with Crippen molar-refractivity contribution < 1.29 is 0 Å². The lowest BCUT2D eigenvalue weighted by atomic mass is 10.3. The highest BCUT2D eigenvalue weighted by atomic mass is 79.9. The Morgan fingerprint density at radius 2 is 2.36 bits per heavy atom. The lowest BCUT2D eigenvalue weighted by Gasteiger charge is -2.13. The second-order valence-electron chi connectivity index (χ2n) is 3.01. The molecule has 14 heavy (non-hydrogen) atoms. The van der Waals surface area contributed by atoms with Crippen LogP contribution < -0.4 is 11.1 Å². The van der Waals surface area contributed by atoms with Gasteiger partial charge in [0.2, 0.25) is 0 Å². The number of pyridine rings is 1. The molecule has 0 amide bonds. The minimum Gasteiger partial charge on any atom is -0.396 e. The highest BCUT2D eigenvalue weighted by Crippen LogP contribution is 2.27. The Labute approximate surface area is 97.0 Å². The normalized spacial score (nSPS) is 12.5. The van der Waals surface area contributed by atoms with E-state index in [1.165, 1.54) is 0 Å². The molecule has 0 bridgehead atoms. The van der Waals surface area contributed by atoms with Crippen LogP contribution in [-0.4, -0.2) is 23.0 Å². The molecular weight excluding hydrogens is 262 g/mol. The molecule has 1 rings (SSSR count). The summed E-state index contributed by atoms with van der Waals surface area (Å²) in [5.41, 5.74) is 7.39. The van der Waals surface area contributed by atoms with E-state index in [1.54, 1.807) is 12.4 Å². The Morgan fingerprint density at radius 1 is 1.64 bits per heavy atom. The average molecular weight is 276 g/mol. The number of nitrogens with two attached hydrogens (primary N) is 1. The van der Waals surface area contributed by atoms with Crippen molar-refractivity contribution in [3.05, 3.63) is 16.9 Å². The molecule has 1 unspecified atom stereocenters. The summed E-state index contributed by atoms with van der Waals surface area (Å²) in [6.07, 6.45) is 5.48. The minimum atomic E-state index is 0.564. The quantitative estimate of drug-likeness (QED) is 0.887. The number of thioether (sulfide) groups is 1. The van der Waals surface area contributed by atoms with Gasteiger partial charge in [0.25, 0.3) is 0 Å². The highest BCUT2D eigenvalue weighted by molar-refractivity contribution is 9.10. The van der Waals surface area contributed by atoms with Gasteiger partial charge in [-0.25, -0.2) is 0 Å². The number of rotatable bonds is 4. The van der Waals surface area contributed by atoms with Gasteiger partial charge in [-0.1, -0.05) is 6.92 Å². The average Bonchev–Trinajstić information content (AvgIpc) is 2.16. The fraction of sp³-hybridized carbons (Fsp3) is 0.444. The fourth-order valence-electron chi connectivity index (χ4n) is 0.966. The van der Waals surface area contributed by atoms with Crippen molar-refractivity contribution >= 4 is 39.1 Å². The predicted octanol–water partition coefficient (Wildman–Crippen LogP) is 2.59. The number of anilines is 2. The number of nitrogens with one attached hydrogen (secondary N) is 1. The van der Waals surface area contributed by atoms with Crippen molar-refractivity contribution in [2.45, 2.75) is 12.2 Å². The monoisotopic (exact) mass is 275 g/mol. The molecule has 0 radical (unpaired) electrons. The molecule has 0 aliphatic rings. The first kappa shape index (κ1) is 11.7. The zero-order valence-electron chi connectivity index (χ0n) is 8.25. The SMILES string of the molecule is CSC(C)CNc1c(N)cncc1Br. The molecule has 1 aromatic rings. The summed E-state index contributed by atoms with van der Waals surface area (Å²) in [6, 6.07) is 0. The first-order valence-electron chi connectivity index (χ1n) is 4.30. The topological polar surface area (TPSA) is 50.9 Å². The molecule has 0 aliphatic carbocycles. The van der Waals surface area contributed by atoms with E-state index in [2.05, 4.69) is 39.4 Å². The van der Waals surface area contributed by atoms with Gasteiger partial charge in [-0.15, -0.1) is 0 Å². The maximum Gasteiger partial charge on any atom is 0.0750 e. The van der Waals surface area contributed by atoms with Gasteiger partial charge in [0.1, 0.15) is 0 Å². The van der Waals surface area contributed by atoms with Gasteiger partial charge in [-0.3, -0.25) is 4.98 Å². The third-order valence-electron chi connectivity index (χ3n) is 1.90. The van der Waals surface area contributed by atoms with Crippen LogP contribution in [0.3, 0.4) is 0 Å². The van der Waals surface area contributed by atoms with Crippen LogP contribution in [0.4, 0.5) is 11.4 Å². The number of nitrogen functional groups attached to an aromatic ring is 1. The van der Waals surface area contributed by atoms with Gasteiger partial charge in [0.15, 0.2) is 0 Å². The van der Waals surface area contributed by atoms with Crippen molar-refractivity contribution in [3.8, 4) is 0 Å². The zero-order chi connectivity index (χ0) is 10.6. The van der Waals surface area contributed by atoms with Crippen LogP contribution in [0.1, 0.15) is 6.92 Å². The Bertz CT molecular complexity index is 286. The van der Waals surface area contributed by atoms with Gasteiger partial charge in [-0.2, -0.15) is 11.8 Å². The molecule has 78 valence electrons. The van der Waals surface area contributed by atoms with Gasteiger partial charge < -0.3 is 11.1 Å². The summed E-state index contributed by atoms with van der Waals surface area (Å²) >= 11 is 5.23. The van der Waals surface area contributed by atoms with Crippen LogP contribution in [0.25, 0.3) is 0 Å². The summed E-state index contributed by atoms with van der Waals surface area (Å²) in [4.78, 5) is 3.97. The smallest absolute Gasteiger partial charge is 0.0750 e. The van der Waals surface area contributed by atoms with Gasteiger partial charge in [-0.05, 0) is 22.2 Å². The lowest BCUT2D eigenvalue weighted by molar-refractivity contribution is 1.00. The van der Waals surface area contributed by atoms with Gasteiger partial charge >= 0.3 is 0 Å². The molecule has 1 aromatic heterocycles. The van der Waals surface area contributed by atoms with Crippen molar-refractivity contribution in [1.82, 2.24) is 4.98 Å². The highest BCUT2D eigenvalue weighted by Gasteiger charge is 2.05. The molecular formula is C9H14BrN3S. The molecule has 3 N–H and O–H groups in total. The molecule has 1 atom stereocenters. The van der Waals surface area contributed by atoms with E-state index in [0.717, 1.165) is 16.7 Å². The van der Waals surface area contributed by atoms with Crippen molar-refractivity contribution in [2.75, 3.05) is 23.9 Å². The number of halogens is 1. The van der Waals surface area contributed by atoms with E-state index < -0.39 is 0 Å². The molecule has 0 spiro atoms. The fourth-order valence-corrected chi connectivity index (χ4v) is 1.70. The zero-order valence-corrected chi connectivity index (χ0v) is 10.7. The van der Waals surface area contributed by atoms with E-state index in [4.69, 9.17) is 5.73 Å². The lowest BCUT2D eigenvalue weighted by Crippen LogP contribution is -2.14. The molecule has 0 aromatic carbocycles. The van der Waals surface area contributed by atoms with E-state index in [-0.39, 0.29) is 0 Å². The van der Waals surface area contributed by atoms with Crippen LogP contribution in [-0.2, 0) is 0 Å². The summed E-state index contributed by atoms with van der Waals surface area (Å²) < 4.78 is 0.908. The van der Waals surface area contributed by atoms with E-state index in [0.29, 0.717) is 10.9 Å². The Hall–Kier alpha value is -0.420. The number of hydrogen-bond acceptors (Lipinski definition) is 4. The van der Waals surface area contributed by atoms with E-state index >= 15 is 0 Å². The number of aromatic nitrogens is 1. The van der Waals surface area contributed by atoms with E-state index in [9.17, 15) is 0 Å². The van der Waals surface area contributed by atoms with Crippen LogP contribution in [0.15, 0.2) is 16.9 Å². The second-order valence-corrected chi connectivity index (χ2v) is 5.14. The van der Waals surface area contributed by atoms with Gasteiger partial charge in [0, 0.05) is 18.0 Å². The summed E-state index contributed by atoms with van der Waals surface area (Å²) in [7, 11) is 0. The molecule has 3 nitrogen and oxygen atoms in total. The van der Waals surface area contributed by atoms with Crippen molar-refractivity contribution in [1.29, 1.82) is 0 Å². The standard InChI is InChI=1S/C9H14BrN3S/c1-6(14-2)3-13-9-7(10)4-12-5-8(9)11/h4-6H,3,11H2,1-2H3,(H,12,13). The molecule has 0 saturated carbocycles. The van der Waals surface area contributed by atoms with Crippen molar-refractivity contribution in [2.24, 2.45) is 0 Å². The summed E-state index contributed by atoms with van der Waals surface area (Å²) in [5.74, 6) is 0. The first-order valence-corrected chi connectivity index (χ1v) is 6.39. The predicted molar refractivity (Wildman–Crippen MR) is 67.8 cm³/mol. The number of hydrogen-bond donors (Lipinski definition) is 2. The van der Waals surface area contributed by atoms with Crippen molar-refractivity contribution in [3.63, 3.8) is 0 Å². The molecule has 0 aliphatic heterocycles. The van der Waals surface area contributed by atoms with E-state index in [1.807, 2.05) is 11.8 Å². The molecule has 0 fully saturated rings. The summed E-state index contributed by atoms with van der Waals surface area (Å²) in [5, 5.41) is 3.86. The maximum absolute atomic E-state index is 5.79. The molecule has 0 saturated heterocycles. The van der Waals surface area contributed by atoms with Crippen LogP contribution in [0, 0.1) is 0 Å². The molecule has 5 heteroatoms. The Morgan fingerprint density at radius 3 is 2.93 bits per heavy atom. The van der Waals surface area contributed by atoms with Crippen LogP contribution in [0.5, 0.6) is 0 Å². The largest absolute Gasteiger partial charge is 0.396 e. The second kappa shape index (κ2) is 5.46. The van der Waals surface area contributed by atoms with Crippen LogP contribution >= 0.6 is 27.7 Å². The third-order valence-corrected chi connectivity index (χ3v) is 3.47. The maximum atomic E-state index is 5.79. The van der Waals surface area contributed by atoms with Gasteiger partial charge in [0.05, 0.1) is 22.0 Å². The first-order chi connectivity index (χ1) is 6.65. The third kappa shape index (κ3) is 3.06. The minimum absolute atomic E-state index is 0.564. The Balaban J connectivity index is 2.66. The van der Waals surface area contributed by atoms with Crippen LogP contribution in [0.2, 0.25) is 0 Å².